The van der Waals surface area contributed by atoms with Crippen LogP contribution in [0.3, 0.4) is 0 Å². The van der Waals surface area contributed by atoms with Gasteiger partial charge in [0.2, 0.25) is 0 Å². The molecule has 1 amide bonds. The fraction of sp³-hybridized carbons (Fsp3) is 0.185. The van der Waals surface area contributed by atoms with E-state index in [0.717, 1.165) is 47.6 Å². The second-order valence-corrected chi connectivity index (χ2v) is 8.68. The fourth-order valence-electron chi connectivity index (χ4n) is 3.90. The van der Waals surface area contributed by atoms with Gasteiger partial charge < -0.3 is 16.4 Å². The summed E-state index contributed by atoms with van der Waals surface area (Å²) in [6, 6.07) is 20.6. The first-order valence-electron chi connectivity index (χ1n) is 11.2. The molecule has 0 saturated heterocycles. The van der Waals surface area contributed by atoms with Gasteiger partial charge >= 0.3 is 0 Å². The van der Waals surface area contributed by atoms with Crippen molar-refractivity contribution in [2.24, 2.45) is 0 Å². The molecule has 1 aromatic heterocycles. The summed E-state index contributed by atoms with van der Waals surface area (Å²) in [4.78, 5) is 12.6. The number of benzene rings is 3. The van der Waals surface area contributed by atoms with Crippen LogP contribution >= 0.6 is 11.6 Å². The second kappa shape index (κ2) is 10.5. The third-order valence-electron chi connectivity index (χ3n) is 5.86. The van der Waals surface area contributed by atoms with Gasteiger partial charge in [-0.1, -0.05) is 48.0 Å². The molecule has 0 bridgehead atoms. The minimum Gasteiger partial charge on any atom is -0.397 e. The summed E-state index contributed by atoms with van der Waals surface area (Å²) in [6.45, 7) is 5.66. The molecule has 7 heteroatoms. The molecule has 0 spiro atoms. The summed E-state index contributed by atoms with van der Waals surface area (Å²) >= 11 is 6.59. The largest absolute Gasteiger partial charge is 0.397 e. The number of anilines is 2. The van der Waals surface area contributed by atoms with Crippen LogP contribution in [-0.4, -0.2) is 22.6 Å². The van der Waals surface area contributed by atoms with Gasteiger partial charge in [0.15, 0.2) is 0 Å². The second-order valence-electron chi connectivity index (χ2n) is 8.27. The van der Waals surface area contributed by atoms with Crippen molar-refractivity contribution in [1.29, 1.82) is 0 Å². The maximum Gasteiger partial charge on any atom is 0.255 e. The molecule has 0 aliphatic carbocycles. The van der Waals surface area contributed by atoms with Crippen LogP contribution in [-0.2, 0) is 13.0 Å². The number of hydrogen-bond acceptors (Lipinski definition) is 4. The Labute approximate surface area is 204 Å². The number of halogens is 1. The molecule has 0 atom stereocenters. The average molecular weight is 474 g/mol. The summed E-state index contributed by atoms with van der Waals surface area (Å²) in [7, 11) is 0. The van der Waals surface area contributed by atoms with Gasteiger partial charge in [0.05, 0.1) is 17.1 Å². The highest BCUT2D eigenvalue weighted by Crippen LogP contribution is 2.29. The predicted molar refractivity (Wildman–Crippen MR) is 139 cm³/mol. The third kappa shape index (κ3) is 5.47. The smallest absolute Gasteiger partial charge is 0.255 e. The zero-order valence-corrected chi connectivity index (χ0v) is 20.0. The number of rotatable bonds is 8. The fourth-order valence-corrected chi connectivity index (χ4v) is 4.21. The number of aryl methyl sites for hydroxylation is 2. The first-order chi connectivity index (χ1) is 16.4. The van der Waals surface area contributed by atoms with Crippen LogP contribution in [0.25, 0.3) is 11.1 Å². The van der Waals surface area contributed by atoms with Crippen molar-refractivity contribution in [3.05, 3.63) is 99.8 Å². The SMILES string of the molecule is Cc1n[nH]c(C)c1CCNCc1ccc(-c2ccc(C(=O)Nc3ccccc3N)cc2)c(Cl)c1. The van der Waals surface area contributed by atoms with E-state index in [1.54, 1.807) is 24.3 Å². The third-order valence-corrected chi connectivity index (χ3v) is 6.17. The van der Waals surface area contributed by atoms with Gasteiger partial charge in [0.25, 0.3) is 5.91 Å². The van der Waals surface area contributed by atoms with E-state index in [9.17, 15) is 4.79 Å². The zero-order chi connectivity index (χ0) is 24.1. The first kappa shape index (κ1) is 23.5. The number of para-hydroxylation sites is 2. The van der Waals surface area contributed by atoms with Crippen molar-refractivity contribution in [3.63, 3.8) is 0 Å². The molecule has 0 aliphatic rings. The summed E-state index contributed by atoms with van der Waals surface area (Å²) in [5.41, 5.74) is 14.0. The Morgan fingerprint density at radius 1 is 1.06 bits per heavy atom. The first-order valence-corrected chi connectivity index (χ1v) is 11.6. The van der Waals surface area contributed by atoms with Gasteiger partial charge in [-0.15, -0.1) is 0 Å². The van der Waals surface area contributed by atoms with Crippen LogP contribution in [0.15, 0.2) is 66.7 Å². The number of hydrogen-bond donors (Lipinski definition) is 4. The maximum atomic E-state index is 12.6. The van der Waals surface area contributed by atoms with Gasteiger partial charge in [0.1, 0.15) is 0 Å². The molecule has 0 saturated carbocycles. The lowest BCUT2D eigenvalue weighted by molar-refractivity contribution is 0.102. The predicted octanol–water partition coefficient (Wildman–Crippen LogP) is 5.51. The monoisotopic (exact) mass is 473 g/mol. The number of nitrogens with one attached hydrogen (secondary N) is 3. The number of nitrogens with zero attached hydrogens (tertiary/aromatic N) is 1. The van der Waals surface area contributed by atoms with E-state index in [1.807, 2.05) is 50.2 Å². The number of amides is 1. The number of carbonyl (C=O) groups excluding carboxylic acids is 1. The Bertz CT molecular complexity index is 1280. The summed E-state index contributed by atoms with van der Waals surface area (Å²) in [5.74, 6) is -0.210. The molecular weight excluding hydrogens is 446 g/mol. The normalized spacial score (nSPS) is 10.9. The molecule has 0 fully saturated rings. The molecule has 174 valence electrons. The zero-order valence-electron chi connectivity index (χ0n) is 19.3. The van der Waals surface area contributed by atoms with Crippen molar-refractivity contribution in [1.82, 2.24) is 15.5 Å². The van der Waals surface area contributed by atoms with Gasteiger partial charge in [0, 0.05) is 28.4 Å². The van der Waals surface area contributed by atoms with E-state index in [2.05, 4.69) is 26.9 Å². The number of nitrogens with two attached hydrogens (primary N) is 1. The highest BCUT2D eigenvalue weighted by Gasteiger charge is 2.10. The lowest BCUT2D eigenvalue weighted by atomic mass is 10.0. The summed E-state index contributed by atoms with van der Waals surface area (Å²) in [5, 5.41) is 14.3. The summed E-state index contributed by atoms with van der Waals surface area (Å²) in [6.07, 6.45) is 0.927. The van der Waals surface area contributed by atoms with Crippen molar-refractivity contribution >= 4 is 28.9 Å². The minimum atomic E-state index is -0.210. The van der Waals surface area contributed by atoms with Crippen molar-refractivity contribution in [2.45, 2.75) is 26.8 Å². The number of carbonyl (C=O) groups is 1. The van der Waals surface area contributed by atoms with Crippen molar-refractivity contribution in [2.75, 3.05) is 17.6 Å². The van der Waals surface area contributed by atoms with Gasteiger partial charge in [-0.2, -0.15) is 5.10 Å². The molecule has 4 aromatic rings. The highest BCUT2D eigenvalue weighted by molar-refractivity contribution is 6.33. The van der Waals surface area contributed by atoms with E-state index in [4.69, 9.17) is 17.3 Å². The lowest BCUT2D eigenvalue weighted by Crippen LogP contribution is -2.17. The minimum absolute atomic E-state index is 0.210. The molecule has 0 radical (unpaired) electrons. The molecule has 1 heterocycles. The molecule has 3 aromatic carbocycles. The topological polar surface area (TPSA) is 95.8 Å². The highest BCUT2D eigenvalue weighted by atomic mass is 35.5. The molecule has 0 unspecified atom stereocenters. The average Bonchev–Trinajstić information content (AvgIpc) is 3.15. The van der Waals surface area contributed by atoms with E-state index in [1.165, 1.54) is 5.56 Å². The Kier molecular flexibility index (Phi) is 7.30. The van der Waals surface area contributed by atoms with Crippen LogP contribution < -0.4 is 16.4 Å². The number of nitrogen functional groups attached to an aromatic ring is 1. The quantitative estimate of drug-likeness (QED) is 0.200. The van der Waals surface area contributed by atoms with Crippen molar-refractivity contribution < 1.29 is 4.79 Å². The standard InChI is InChI=1S/C27H28ClN5O/c1-17-22(18(2)33-32-17)13-14-30-16-19-7-12-23(24(28)15-19)20-8-10-21(11-9-20)27(34)31-26-6-4-3-5-25(26)29/h3-12,15,30H,13-14,16,29H2,1-2H3,(H,31,34)(H,32,33). The lowest BCUT2D eigenvalue weighted by Gasteiger charge is -2.11. The molecule has 0 aliphatic heterocycles. The maximum absolute atomic E-state index is 12.6. The van der Waals surface area contributed by atoms with Crippen LogP contribution in [0.5, 0.6) is 0 Å². The van der Waals surface area contributed by atoms with Gasteiger partial charge in [-0.25, -0.2) is 0 Å². The Balaban J connectivity index is 1.36. The van der Waals surface area contributed by atoms with Crippen LogP contribution in [0.4, 0.5) is 11.4 Å². The van der Waals surface area contributed by atoms with E-state index < -0.39 is 0 Å². The Morgan fingerprint density at radius 3 is 2.50 bits per heavy atom. The van der Waals surface area contributed by atoms with Crippen LogP contribution in [0, 0.1) is 13.8 Å². The molecular formula is C27H28ClN5O. The molecule has 5 N–H and O–H groups in total. The molecule has 4 rings (SSSR count). The van der Waals surface area contributed by atoms with Crippen molar-refractivity contribution in [3.8, 4) is 11.1 Å². The number of aromatic nitrogens is 2. The van der Waals surface area contributed by atoms with E-state index in [-0.39, 0.29) is 5.91 Å². The van der Waals surface area contributed by atoms with Crippen LogP contribution in [0.1, 0.15) is 32.9 Å². The Morgan fingerprint density at radius 2 is 1.82 bits per heavy atom. The van der Waals surface area contributed by atoms with Crippen LogP contribution in [0.2, 0.25) is 5.02 Å². The van der Waals surface area contributed by atoms with E-state index >= 15 is 0 Å². The Hall–Kier alpha value is -3.61. The molecule has 34 heavy (non-hydrogen) atoms. The summed E-state index contributed by atoms with van der Waals surface area (Å²) < 4.78 is 0. The van der Waals surface area contributed by atoms with E-state index in [0.29, 0.717) is 22.0 Å². The van der Waals surface area contributed by atoms with Gasteiger partial charge in [-0.3, -0.25) is 9.89 Å². The van der Waals surface area contributed by atoms with Gasteiger partial charge in [-0.05, 0) is 73.8 Å². The number of aromatic amines is 1. The molecule has 6 nitrogen and oxygen atoms in total. The number of H-pyrrole nitrogens is 1.